The summed E-state index contributed by atoms with van der Waals surface area (Å²) in [4.78, 5) is 12.2. The first kappa shape index (κ1) is 17.3. The van der Waals surface area contributed by atoms with Gasteiger partial charge in [0.15, 0.2) is 5.82 Å². The van der Waals surface area contributed by atoms with Gasteiger partial charge in [-0.15, -0.1) is 12.4 Å². The van der Waals surface area contributed by atoms with E-state index in [9.17, 15) is 4.79 Å². The number of rotatable bonds is 4. The molecule has 1 aromatic rings. The summed E-state index contributed by atoms with van der Waals surface area (Å²) in [5.74, 6) is 1.85. The van der Waals surface area contributed by atoms with Crippen LogP contribution in [-0.4, -0.2) is 29.2 Å². The van der Waals surface area contributed by atoms with Crippen molar-refractivity contribution in [3.05, 3.63) is 11.8 Å². The highest BCUT2D eigenvalue weighted by Gasteiger charge is 2.29. The fraction of sp³-hybridized carbons (Fsp3) is 0.750. The number of carbonyl (C=O) groups is 1. The molecule has 2 heterocycles. The van der Waals surface area contributed by atoms with E-state index in [-0.39, 0.29) is 24.2 Å². The van der Waals surface area contributed by atoms with Gasteiger partial charge in [-0.25, -0.2) is 0 Å². The summed E-state index contributed by atoms with van der Waals surface area (Å²) in [6, 6.07) is 2.03. The van der Waals surface area contributed by atoms with E-state index in [2.05, 4.69) is 20.8 Å². The normalized spacial score (nSPS) is 21.3. The second-order valence-electron chi connectivity index (χ2n) is 6.59. The number of carbonyl (C=O) groups excluding carboxylic acids is 1. The average molecular weight is 327 g/mol. The van der Waals surface area contributed by atoms with Gasteiger partial charge in [-0.2, -0.15) is 5.10 Å². The highest BCUT2D eigenvalue weighted by Crippen LogP contribution is 2.31. The number of nitrogens with zero attached hydrogens (tertiary/aromatic N) is 1. The van der Waals surface area contributed by atoms with Crippen molar-refractivity contribution < 1.29 is 4.79 Å². The van der Waals surface area contributed by atoms with Crippen LogP contribution in [0.5, 0.6) is 0 Å². The Balaban J connectivity index is 0.00000176. The van der Waals surface area contributed by atoms with Crippen molar-refractivity contribution in [2.75, 3.05) is 18.4 Å². The number of halogens is 1. The number of H-pyrrole nitrogens is 1. The van der Waals surface area contributed by atoms with Crippen molar-refractivity contribution in [1.29, 1.82) is 0 Å². The molecule has 1 atom stereocenters. The van der Waals surface area contributed by atoms with E-state index >= 15 is 0 Å². The van der Waals surface area contributed by atoms with Gasteiger partial charge in [0.1, 0.15) is 0 Å². The molecule has 0 aromatic carbocycles. The first-order valence-electron chi connectivity index (χ1n) is 8.31. The Morgan fingerprint density at radius 1 is 1.27 bits per heavy atom. The maximum absolute atomic E-state index is 12.2. The molecule has 2 aliphatic rings. The van der Waals surface area contributed by atoms with Crippen molar-refractivity contribution in [3.63, 3.8) is 0 Å². The van der Waals surface area contributed by atoms with Crippen molar-refractivity contribution in [2.45, 2.75) is 51.4 Å². The minimum absolute atomic E-state index is 0. The topological polar surface area (TPSA) is 69.8 Å². The standard InChI is InChI=1S/C16H26N4O.ClH/c1-11(13-9-17-10-13)16(21)18-15-8-14(19-20-15)12-6-4-2-3-5-7-12;/h8,11-13,17H,2-7,9-10H2,1H3,(H2,18,19,20,21);1H. The zero-order valence-corrected chi connectivity index (χ0v) is 14.0. The fourth-order valence-corrected chi connectivity index (χ4v) is 3.32. The maximum atomic E-state index is 12.2. The van der Waals surface area contributed by atoms with E-state index in [0.717, 1.165) is 13.1 Å². The number of anilines is 1. The van der Waals surface area contributed by atoms with E-state index in [1.54, 1.807) is 0 Å². The summed E-state index contributed by atoms with van der Waals surface area (Å²) in [7, 11) is 0. The first-order valence-corrected chi connectivity index (χ1v) is 8.31. The predicted octanol–water partition coefficient (Wildman–Crippen LogP) is 3.06. The molecule has 124 valence electrons. The molecule has 0 bridgehead atoms. The van der Waals surface area contributed by atoms with Crippen LogP contribution in [0.1, 0.15) is 57.1 Å². The zero-order chi connectivity index (χ0) is 14.7. The smallest absolute Gasteiger partial charge is 0.228 e. The molecule has 1 unspecified atom stereocenters. The Hall–Kier alpha value is -1.07. The van der Waals surface area contributed by atoms with Crippen LogP contribution >= 0.6 is 12.4 Å². The molecule has 0 spiro atoms. The largest absolute Gasteiger partial charge is 0.316 e. The SMILES string of the molecule is CC(C(=O)Nc1cc(C2CCCCCC2)[nH]n1)C1CNC1.Cl. The van der Waals surface area contributed by atoms with E-state index in [4.69, 9.17) is 0 Å². The lowest BCUT2D eigenvalue weighted by Gasteiger charge is -2.31. The van der Waals surface area contributed by atoms with Gasteiger partial charge in [0.2, 0.25) is 5.91 Å². The molecule has 1 saturated heterocycles. The summed E-state index contributed by atoms with van der Waals surface area (Å²) in [5.41, 5.74) is 1.19. The molecule has 22 heavy (non-hydrogen) atoms. The van der Waals surface area contributed by atoms with Crippen LogP contribution in [-0.2, 0) is 4.79 Å². The molecule has 2 fully saturated rings. The second-order valence-corrected chi connectivity index (χ2v) is 6.59. The van der Waals surface area contributed by atoms with Gasteiger partial charge in [0, 0.05) is 23.6 Å². The van der Waals surface area contributed by atoms with Crippen molar-refractivity contribution in [1.82, 2.24) is 15.5 Å². The molecule has 3 N–H and O–H groups in total. The van der Waals surface area contributed by atoms with E-state index in [1.807, 2.05) is 13.0 Å². The quantitative estimate of drug-likeness (QED) is 0.745. The van der Waals surface area contributed by atoms with E-state index in [0.29, 0.717) is 17.7 Å². The monoisotopic (exact) mass is 326 g/mol. The third kappa shape index (κ3) is 4.02. The van der Waals surface area contributed by atoms with Gasteiger partial charge >= 0.3 is 0 Å². The molecule has 1 saturated carbocycles. The van der Waals surface area contributed by atoms with Crippen LogP contribution in [0, 0.1) is 11.8 Å². The second kappa shape index (κ2) is 7.97. The lowest BCUT2D eigenvalue weighted by atomic mass is 9.88. The highest BCUT2D eigenvalue weighted by molar-refractivity contribution is 5.91. The van der Waals surface area contributed by atoms with Gasteiger partial charge < -0.3 is 10.6 Å². The molecule has 3 rings (SSSR count). The molecule has 1 amide bonds. The van der Waals surface area contributed by atoms with Gasteiger partial charge in [-0.3, -0.25) is 9.89 Å². The van der Waals surface area contributed by atoms with Crippen LogP contribution in [0.25, 0.3) is 0 Å². The minimum Gasteiger partial charge on any atom is -0.316 e. The molecule has 1 aromatic heterocycles. The molecule has 1 aliphatic heterocycles. The highest BCUT2D eigenvalue weighted by atomic mass is 35.5. The van der Waals surface area contributed by atoms with Gasteiger partial charge in [-0.05, 0) is 31.8 Å². The Morgan fingerprint density at radius 2 is 1.95 bits per heavy atom. The Labute approximate surface area is 138 Å². The summed E-state index contributed by atoms with van der Waals surface area (Å²) >= 11 is 0. The van der Waals surface area contributed by atoms with Gasteiger partial charge in [0.25, 0.3) is 0 Å². The molecular weight excluding hydrogens is 300 g/mol. The summed E-state index contributed by atoms with van der Waals surface area (Å²) in [6.45, 7) is 3.89. The van der Waals surface area contributed by atoms with Crippen molar-refractivity contribution >= 4 is 24.1 Å². The van der Waals surface area contributed by atoms with E-state index in [1.165, 1.54) is 44.2 Å². The number of aromatic nitrogens is 2. The molecule has 5 nitrogen and oxygen atoms in total. The average Bonchev–Trinajstić information content (AvgIpc) is 2.71. The maximum Gasteiger partial charge on any atom is 0.228 e. The lowest BCUT2D eigenvalue weighted by molar-refractivity contribution is -0.121. The van der Waals surface area contributed by atoms with Crippen LogP contribution in [0.15, 0.2) is 6.07 Å². The third-order valence-corrected chi connectivity index (χ3v) is 5.08. The summed E-state index contributed by atoms with van der Waals surface area (Å²) < 4.78 is 0. The van der Waals surface area contributed by atoms with Crippen molar-refractivity contribution in [2.24, 2.45) is 11.8 Å². The van der Waals surface area contributed by atoms with E-state index < -0.39 is 0 Å². The fourth-order valence-electron chi connectivity index (χ4n) is 3.32. The Morgan fingerprint density at radius 3 is 2.55 bits per heavy atom. The third-order valence-electron chi connectivity index (χ3n) is 5.08. The molecule has 6 heteroatoms. The van der Waals surface area contributed by atoms with Crippen LogP contribution in [0.2, 0.25) is 0 Å². The number of amides is 1. The molecule has 0 radical (unpaired) electrons. The number of hydrogen-bond acceptors (Lipinski definition) is 3. The summed E-state index contributed by atoms with van der Waals surface area (Å²) in [6.07, 6.45) is 7.77. The zero-order valence-electron chi connectivity index (χ0n) is 13.2. The molecule has 1 aliphatic carbocycles. The Kier molecular flexibility index (Phi) is 6.26. The number of nitrogens with one attached hydrogen (secondary N) is 3. The van der Waals surface area contributed by atoms with Crippen LogP contribution < -0.4 is 10.6 Å². The predicted molar refractivity (Wildman–Crippen MR) is 90.4 cm³/mol. The van der Waals surface area contributed by atoms with Crippen LogP contribution in [0.3, 0.4) is 0 Å². The van der Waals surface area contributed by atoms with Gasteiger partial charge in [0.05, 0.1) is 0 Å². The van der Waals surface area contributed by atoms with Crippen molar-refractivity contribution in [3.8, 4) is 0 Å². The Bertz CT molecular complexity index is 478. The number of hydrogen-bond donors (Lipinski definition) is 3. The van der Waals surface area contributed by atoms with Gasteiger partial charge in [-0.1, -0.05) is 32.6 Å². The first-order chi connectivity index (χ1) is 10.2. The minimum atomic E-state index is 0. The lowest BCUT2D eigenvalue weighted by Crippen LogP contribution is -2.48. The van der Waals surface area contributed by atoms with Crippen LogP contribution in [0.4, 0.5) is 5.82 Å². The summed E-state index contributed by atoms with van der Waals surface area (Å²) in [5, 5.41) is 13.6. The number of aromatic amines is 1. The molecular formula is C16H27ClN4O.